The number of hydrogen-bond donors (Lipinski definition) is 3. The van der Waals surface area contributed by atoms with Crippen LogP contribution in [0.3, 0.4) is 0 Å². The van der Waals surface area contributed by atoms with Crippen molar-refractivity contribution in [1.29, 1.82) is 0 Å². The standard InChI is InChI=1S/C7H12N3O3P/c1-5(8)2-6-3-10-7(4-9-6)14(11,12)13/h3-5H,2,8H2,1H3,(H2,11,12,13)/t5-/m1/s1. The van der Waals surface area contributed by atoms with Gasteiger partial charge in [0, 0.05) is 18.7 Å². The van der Waals surface area contributed by atoms with Gasteiger partial charge in [0.2, 0.25) is 0 Å². The molecule has 1 aromatic heterocycles. The predicted molar refractivity (Wildman–Crippen MR) is 51.1 cm³/mol. The van der Waals surface area contributed by atoms with Crippen molar-refractivity contribution in [3.63, 3.8) is 0 Å². The summed E-state index contributed by atoms with van der Waals surface area (Å²) in [5.74, 6) is 0. The first-order valence-corrected chi connectivity index (χ1v) is 5.63. The number of nitrogens with two attached hydrogens (primary N) is 1. The van der Waals surface area contributed by atoms with E-state index >= 15 is 0 Å². The van der Waals surface area contributed by atoms with Crippen LogP contribution in [0.2, 0.25) is 0 Å². The smallest absolute Gasteiger partial charge is 0.328 e. The van der Waals surface area contributed by atoms with Crippen LogP contribution in [0, 0.1) is 0 Å². The van der Waals surface area contributed by atoms with E-state index in [9.17, 15) is 4.57 Å². The molecule has 6 nitrogen and oxygen atoms in total. The Labute approximate surface area is 81.4 Å². The summed E-state index contributed by atoms with van der Waals surface area (Å²) in [6.07, 6.45) is 2.95. The quantitative estimate of drug-likeness (QED) is 0.570. The van der Waals surface area contributed by atoms with Crippen molar-refractivity contribution in [3.8, 4) is 0 Å². The third-order valence-electron chi connectivity index (χ3n) is 1.52. The van der Waals surface area contributed by atoms with E-state index in [-0.39, 0.29) is 11.5 Å². The van der Waals surface area contributed by atoms with E-state index < -0.39 is 7.60 Å². The third-order valence-corrected chi connectivity index (χ3v) is 2.35. The minimum absolute atomic E-state index is 0.0507. The first-order chi connectivity index (χ1) is 6.39. The minimum atomic E-state index is -4.28. The van der Waals surface area contributed by atoms with Crippen LogP contribution in [0.25, 0.3) is 0 Å². The van der Waals surface area contributed by atoms with Crippen LogP contribution in [0.4, 0.5) is 0 Å². The average molecular weight is 217 g/mol. The zero-order valence-electron chi connectivity index (χ0n) is 7.66. The monoisotopic (exact) mass is 217 g/mol. The van der Waals surface area contributed by atoms with Gasteiger partial charge in [-0.3, -0.25) is 9.55 Å². The lowest BCUT2D eigenvalue weighted by Crippen LogP contribution is -2.20. The first-order valence-electron chi connectivity index (χ1n) is 4.02. The molecule has 1 heterocycles. The lowest BCUT2D eigenvalue weighted by molar-refractivity contribution is 0.386. The predicted octanol–water partition coefficient (Wildman–Crippen LogP) is -0.831. The summed E-state index contributed by atoms with van der Waals surface area (Å²) in [5.41, 5.74) is 5.84. The van der Waals surface area contributed by atoms with Gasteiger partial charge in [0.1, 0.15) is 0 Å². The lowest BCUT2D eigenvalue weighted by atomic mass is 10.2. The Kier molecular flexibility index (Phi) is 3.34. The third kappa shape index (κ3) is 3.16. The Morgan fingerprint density at radius 3 is 2.50 bits per heavy atom. The molecule has 0 saturated heterocycles. The summed E-state index contributed by atoms with van der Waals surface area (Å²) >= 11 is 0. The first kappa shape index (κ1) is 11.3. The van der Waals surface area contributed by atoms with Crippen LogP contribution in [0.15, 0.2) is 12.4 Å². The number of nitrogens with zero attached hydrogens (tertiary/aromatic N) is 2. The molecule has 0 unspecified atom stereocenters. The summed E-state index contributed by atoms with van der Waals surface area (Å²) in [6.45, 7) is 1.82. The van der Waals surface area contributed by atoms with Crippen molar-refractivity contribution in [1.82, 2.24) is 9.97 Å². The van der Waals surface area contributed by atoms with Gasteiger partial charge in [-0.15, -0.1) is 0 Å². The molecule has 0 spiro atoms. The molecule has 1 rings (SSSR count). The summed E-state index contributed by atoms with van der Waals surface area (Å²) in [6, 6.07) is -0.0507. The fraction of sp³-hybridized carbons (Fsp3) is 0.429. The van der Waals surface area contributed by atoms with Crippen molar-refractivity contribution in [2.75, 3.05) is 0 Å². The largest absolute Gasteiger partial charge is 0.376 e. The zero-order valence-corrected chi connectivity index (χ0v) is 8.56. The molecule has 14 heavy (non-hydrogen) atoms. The van der Waals surface area contributed by atoms with Crippen molar-refractivity contribution in [2.24, 2.45) is 5.73 Å². The molecule has 0 aliphatic rings. The molecule has 0 amide bonds. The van der Waals surface area contributed by atoms with E-state index in [1.54, 1.807) is 0 Å². The highest BCUT2D eigenvalue weighted by molar-refractivity contribution is 7.59. The van der Waals surface area contributed by atoms with Gasteiger partial charge < -0.3 is 15.5 Å². The topological polar surface area (TPSA) is 109 Å². The SMILES string of the molecule is C[C@@H](N)Cc1cnc(P(=O)(O)O)cn1. The summed E-state index contributed by atoms with van der Waals surface area (Å²) in [4.78, 5) is 25.0. The van der Waals surface area contributed by atoms with Crippen LogP contribution in [-0.4, -0.2) is 25.8 Å². The Morgan fingerprint density at radius 2 is 2.14 bits per heavy atom. The molecule has 78 valence electrons. The fourth-order valence-electron chi connectivity index (χ4n) is 0.934. The maximum absolute atomic E-state index is 10.7. The molecular formula is C7H12N3O3P. The number of aromatic nitrogens is 2. The normalized spacial score (nSPS) is 14.0. The molecule has 1 atom stereocenters. The molecule has 4 N–H and O–H groups in total. The lowest BCUT2D eigenvalue weighted by Gasteiger charge is -2.05. The summed E-state index contributed by atoms with van der Waals surface area (Å²) in [7, 11) is -4.28. The highest BCUT2D eigenvalue weighted by atomic mass is 31.2. The van der Waals surface area contributed by atoms with Gasteiger partial charge >= 0.3 is 7.60 Å². The van der Waals surface area contributed by atoms with E-state index in [0.29, 0.717) is 12.1 Å². The molecular weight excluding hydrogens is 205 g/mol. The zero-order chi connectivity index (χ0) is 10.8. The molecule has 1 aromatic rings. The highest BCUT2D eigenvalue weighted by Gasteiger charge is 2.19. The molecule has 0 bridgehead atoms. The molecule has 0 saturated carbocycles. The second-order valence-corrected chi connectivity index (χ2v) is 4.64. The van der Waals surface area contributed by atoms with Gasteiger partial charge in [-0.05, 0) is 6.92 Å². The van der Waals surface area contributed by atoms with Gasteiger partial charge in [0.05, 0.1) is 11.9 Å². The second-order valence-electron chi connectivity index (χ2n) is 3.09. The van der Waals surface area contributed by atoms with E-state index in [2.05, 4.69) is 9.97 Å². The number of hydrogen-bond acceptors (Lipinski definition) is 4. The van der Waals surface area contributed by atoms with Crippen molar-refractivity contribution in [3.05, 3.63) is 18.1 Å². The maximum atomic E-state index is 10.7. The van der Waals surface area contributed by atoms with Crippen LogP contribution >= 0.6 is 7.60 Å². The number of rotatable bonds is 3. The van der Waals surface area contributed by atoms with E-state index in [4.69, 9.17) is 15.5 Å². The van der Waals surface area contributed by atoms with Crippen molar-refractivity contribution >= 4 is 13.0 Å². The van der Waals surface area contributed by atoms with Gasteiger partial charge in [-0.2, -0.15) is 0 Å². The Morgan fingerprint density at radius 1 is 1.50 bits per heavy atom. The maximum Gasteiger partial charge on any atom is 0.376 e. The molecule has 0 aliphatic heterocycles. The van der Waals surface area contributed by atoms with Gasteiger partial charge in [0.25, 0.3) is 0 Å². The average Bonchev–Trinajstić information content (AvgIpc) is 2.02. The summed E-state index contributed by atoms with van der Waals surface area (Å²) in [5, 5.41) is 0. The molecule has 7 heteroatoms. The van der Waals surface area contributed by atoms with Crippen LogP contribution in [0.1, 0.15) is 12.6 Å². The van der Waals surface area contributed by atoms with Gasteiger partial charge in [0.15, 0.2) is 5.44 Å². The van der Waals surface area contributed by atoms with Gasteiger partial charge in [-0.1, -0.05) is 0 Å². The molecule has 0 radical (unpaired) electrons. The minimum Gasteiger partial charge on any atom is -0.328 e. The molecule has 0 aliphatic carbocycles. The van der Waals surface area contributed by atoms with Crippen LogP contribution in [0.5, 0.6) is 0 Å². The summed E-state index contributed by atoms with van der Waals surface area (Å²) < 4.78 is 10.7. The van der Waals surface area contributed by atoms with Crippen molar-refractivity contribution < 1.29 is 14.4 Å². The molecule has 0 aromatic carbocycles. The van der Waals surface area contributed by atoms with Crippen LogP contribution < -0.4 is 11.2 Å². The van der Waals surface area contributed by atoms with Gasteiger partial charge in [-0.25, -0.2) is 4.98 Å². The van der Waals surface area contributed by atoms with E-state index in [1.807, 2.05) is 6.92 Å². The highest BCUT2D eigenvalue weighted by Crippen LogP contribution is 2.31. The Hall–Kier alpha value is -0.810. The Balaban J connectivity index is 2.84. The van der Waals surface area contributed by atoms with E-state index in [1.165, 1.54) is 6.20 Å². The Bertz CT molecular complexity index is 346. The van der Waals surface area contributed by atoms with E-state index in [0.717, 1.165) is 6.20 Å². The van der Waals surface area contributed by atoms with Crippen LogP contribution in [-0.2, 0) is 11.0 Å². The van der Waals surface area contributed by atoms with Crippen molar-refractivity contribution in [2.45, 2.75) is 19.4 Å². The molecule has 0 fully saturated rings. The second kappa shape index (κ2) is 4.14. The fourth-order valence-corrected chi connectivity index (χ4v) is 1.35.